The molecule has 4 rings (SSSR count). The van der Waals surface area contributed by atoms with Gasteiger partial charge in [-0.2, -0.15) is 18.4 Å². The molecule has 5 N–H and O–H groups in total. The minimum Gasteiger partial charge on any atom is -0.505 e. The summed E-state index contributed by atoms with van der Waals surface area (Å²) in [5.74, 6) is -1.08. The van der Waals surface area contributed by atoms with E-state index in [1.54, 1.807) is 0 Å². The second kappa shape index (κ2) is 9.41. The lowest BCUT2D eigenvalue weighted by molar-refractivity contribution is 0.384. The molecule has 3 aromatic carbocycles. The van der Waals surface area contributed by atoms with Gasteiger partial charge in [0.2, 0.25) is 15.8 Å². The summed E-state index contributed by atoms with van der Waals surface area (Å²) < 4.78 is 58.6. The van der Waals surface area contributed by atoms with Crippen molar-refractivity contribution in [3.05, 3.63) is 60.5 Å². The van der Waals surface area contributed by atoms with Crippen LogP contribution in [-0.2, 0) is 20.0 Å². The number of sulfone groups is 1. The quantitative estimate of drug-likeness (QED) is 0.166. The fourth-order valence-electron chi connectivity index (χ4n) is 3.30. The second-order valence-electron chi connectivity index (χ2n) is 7.21. The standard InChI is InChI=1S/C21H16N6O8S2/c1-2-36(31,32)14-9-4-3-7-12(14)26-27-17-15(37(33,34)35)10-11-6-5-8-13(16(11)18(17)28)22-19-23-20(29)25-21(30)24-19/h2-10,28H,1H2,(H,33,34,35)(H3,22,23,24,25,29,30)/b27-26+. The number of nitrogens with zero attached hydrogens (tertiary/aromatic N) is 5. The molecule has 37 heavy (non-hydrogen) atoms. The van der Waals surface area contributed by atoms with E-state index < -0.39 is 48.3 Å². The topological polar surface area (TPSA) is 225 Å². The van der Waals surface area contributed by atoms with E-state index in [4.69, 9.17) is 0 Å². The smallest absolute Gasteiger partial charge is 0.321 e. The molecule has 190 valence electrons. The maximum atomic E-state index is 12.3. The van der Waals surface area contributed by atoms with E-state index >= 15 is 0 Å². The lowest BCUT2D eigenvalue weighted by atomic mass is 10.1. The van der Waals surface area contributed by atoms with Crippen LogP contribution in [-0.4, -0.2) is 51.7 Å². The van der Waals surface area contributed by atoms with Gasteiger partial charge in [0.15, 0.2) is 5.75 Å². The summed E-state index contributed by atoms with van der Waals surface area (Å²) in [6.07, 6.45) is 0. The zero-order valence-corrected chi connectivity index (χ0v) is 20.0. The molecular weight excluding hydrogens is 528 g/mol. The third kappa shape index (κ3) is 5.15. The number of phenolic OH excluding ortho intramolecular Hbond substituents is 1. The van der Waals surface area contributed by atoms with Gasteiger partial charge in [-0.25, -0.2) is 8.42 Å². The number of rotatable bonds is 7. The predicted molar refractivity (Wildman–Crippen MR) is 130 cm³/mol. The van der Waals surface area contributed by atoms with Crippen LogP contribution in [0.2, 0.25) is 0 Å². The van der Waals surface area contributed by atoms with Gasteiger partial charge < -0.3 is 20.6 Å². The molecule has 0 aliphatic rings. The van der Waals surface area contributed by atoms with Crippen molar-refractivity contribution in [3.8, 4) is 17.8 Å². The Morgan fingerprint density at radius 1 is 0.865 bits per heavy atom. The van der Waals surface area contributed by atoms with Gasteiger partial charge in [0.25, 0.3) is 10.1 Å². The van der Waals surface area contributed by atoms with Gasteiger partial charge in [0, 0.05) is 10.8 Å². The molecule has 0 aliphatic heterocycles. The zero-order valence-electron chi connectivity index (χ0n) is 18.4. The molecule has 0 bridgehead atoms. The average molecular weight is 545 g/mol. The van der Waals surface area contributed by atoms with Gasteiger partial charge in [0.1, 0.15) is 16.3 Å². The van der Waals surface area contributed by atoms with Crippen molar-refractivity contribution in [2.24, 2.45) is 10.2 Å². The first-order valence-electron chi connectivity index (χ1n) is 9.96. The molecule has 16 heteroatoms. The number of aromatic hydroxyl groups is 3. The number of hydrogen-bond acceptors (Lipinski definition) is 13. The Bertz CT molecular complexity index is 1790. The fraction of sp³-hybridized carbons (Fsp3) is 0. The summed E-state index contributed by atoms with van der Waals surface area (Å²) in [7, 11) is -8.90. The maximum Gasteiger partial charge on any atom is 0.321 e. The van der Waals surface area contributed by atoms with E-state index in [0.29, 0.717) is 5.41 Å². The molecule has 14 nitrogen and oxygen atoms in total. The van der Waals surface area contributed by atoms with Crippen LogP contribution >= 0.6 is 0 Å². The lowest BCUT2D eigenvalue weighted by Gasteiger charge is -2.13. The number of nitrogens with one attached hydrogen (secondary N) is 1. The Hall–Kier alpha value is -4.67. The highest BCUT2D eigenvalue weighted by atomic mass is 32.2. The Balaban J connectivity index is 1.95. The van der Waals surface area contributed by atoms with Gasteiger partial charge in [-0.05, 0) is 29.7 Å². The Morgan fingerprint density at radius 2 is 1.54 bits per heavy atom. The van der Waals surface area contributed by atoms with E-state index in [2.05, 4.69) is 37.1 Å². The SMILES string of the molecule is C=CS(=O)(=O)c1ccccc1/N=N/c1c(S(=O)(=O)O)cc2cccc(Nc3nc(O)nc(O)n3)c2c1O. The van der Waals surface area contributed by atoms with E-state index in [1.165, 1.54) is 42.5 Å². The van der Waals surface area contributed by atoms with Gasteiger partial charge in [0.05, 0.1) is 10.6 Å². The van der Waals surface area contributed by atoms with Gasteiger partial charge in [-0.15, -0.1) is 15.2 Å². The molecule has 0 saturated carbocycles. The van der Waals surface area contributed by atoms with Gasteiger partial charge in [-0.3, -0.25) is 4.55 Å². The van der Waals surface area contributed by atoms with E-state index in [-0.39, 0.29) is 33.0 Å². The molecule has 0 saturated heterocycles. The number of anilines is 2. The number of phenols is 1. The fourth-order valence-corrected chi connectivity index (χ4v) is 4.81. The summed E-state index contributed by atoms with van der Waals surface area (Å²) >= 11 is 0. The molecule has 0 unspecified atom stereocenters. The van der Waals surface area contributed by atoms with Crippen molar-refractivity contribution < 1.29 is 36.7 Å². The van der Waals surface area contributed by atoms with E-state index in [1.807, 2.05) is 0 Å². The summed E-state index contributed by atoms with van der Waals surface area (Å²) in [4.78, 5) is 9.33. The molecular formula is C21H16N6O8S2. The molecule has 0 fully saturated rings. The molecule has 0 radical (unpaired) electrons. The first-order chi connectivity index (χ1) is 17.4. The van der Waals surface area contributed by atoms with Crippen LogP contribution in [0.3, 0.4) is 0 Å². The normalized spacial score (nSPS) is 12.1. The number of hydrogen-bond donors (Lipinski definition) is 5. The first-order valence-corrected chi connectivity index (χ1v) is 12.9. The highest BCUT2D eigenvalue weighted by Gasteiger charge is 2.24. The van der Waals surface area contributed by atoms with Crippen molar-refractivity contribution >= 4 is 53.7 Å². The van der Waals surface area contributed by atoms with E-state index in [0.717, 1.165) is 6.07 Å². The number of benzene rings is 3. The minimum absolute atomic E-state index is 0.0322. The summed E-state index contributed by atoms with van der Waals surface area (Å²) in [6, 6.07) is 9.16. The second-order valence-corrected chi connectivity index (χ2v) is 10.5. The van der Waals surface area contributed by atoms with Crippen molar-refractivity contribution in [2.45, 2.75) is 9.79 Å². The lowest BCUT2D eigenvalue weighted by Crippen LogP contribution is -2.01. The number of azo groups is 1. The summed E-state index contributed by atoms with van der Waals surface area (Å²) in [6.45, 7) is 3.25. The molecule has 1 aromatic heterocycles. The van der Waals surface area contributed by atoms with Crippen LogP contribution in [0.1, 0.15) is 0 Å². The van der Waals surface area contributed by atoms with E-state index in [9.17, 15) is 36.7 Å². The zero-order chi connectivity index (χ0) is 27.0. The highest BCUT2D eigenvalue weighted by Crippen LogP contribution is 2.45. The number of fused-ring (bicyclic) bond motifs is 1. The Morgan fingerprint density at radius 3 is 2.19 bits per heavy atom. The van der Waals surface area contributed by atoms with Crippen LogP contribution in [0.5, 0.6) is 17.8 Å². The Kier molecular flexibility index (Phi) is 6.47. The highest BCUT2D eigenvalue weighted by molar-refractivity contribution is 7.94. The van der Waals surface area contributed by atoms with Crippen molar-refractivity contribution in [1.82, 2.24) is 15.0 Å². The van der Waals surface area contributed by atoms with Crippen LogP contribution in [0, 0.1) is 0 Å². The van der Waals surface area contributed by atoms with Gasteiger partial charge in [-0.1, -0.05) is 30.8 Å². The third-order valence-electron chi connectivity index (χ3n) is 4.86. The molecule has 0 atom stereocenters. The molecule has 0 spiro atoms. The minimum atomic E-state index is -4.95. The average Bonchev–Trinajstić information content (AvgIpc) is 2.82. The van der Waals surface area contributed by atoms with Crippen molar-refractivity contribution in [2.75, 3.05) is 5.32 Å². The monoisotopic (exact) mass is 544 g/mol. The van der Waals surface area contributed by atoms with Gasteiger partial charge >= 0.3 is 12.0 Å². The summed E-state index contributed by atoms with van der Waals surface area (Å²) in [5.41, 5.74) is -0.810. The molecule has 0 amide bonds. The third-order valence-corrected chi connectivity index (χ3v) is 7.13. The molecule has 0 aliphatic carbocycles. The Labute approximate surface area is 209 Å². The largest absolute Gasteiger partial charge is 0.505 e. The first kappa shape index (κ1) is 25.4. The van der Waals surface area contributed by atoms with Crippen LogP contribution in [0.15, 0.2) is 80.5 Å². The van der Waals surface area contributed by atoms with Crippen molar-refractivity contribution in [3.63, 3.8) is 0 Å². The van der Waals surface area contributed by atoms with Crippen LogP contribution in [0.4, 0.5) is 23.0 Å². The van der Waals surface area contributed by atoms with Crippen LogP contribution < -0.4 is 5.32 Å². The maximum absolute atomic E-state index is 12.3. The molecule has 4 aromatic rings. The van der Waals surface area contributed by atoms with Crippen LogP contribution in [0.25, 0.3) is 10.8 Å². The summed E-state index contributed by atoms with van der Waals surface area (Å²) in [5, 5.41) is 41.1. The predicted octanol–water partition coefficient (Wildman–Crippen LogP) is 3.46. The van der Waals surface area contributed by atoms with Crippen molar-refractivity contribution in [1.29, 1.82) is 0 Å². The number of aromatic nitrogens is 3. The molecule has 1 heterocycles.